The number of phenolic OH excluding ortho intramolecular Hbond substituents is 1. The minimum atomic E-state index is 0.236. The highest BCUT2D eigenvalue weighted by Crippen LogP contribution is 2.32. The van der Waals surface area contributed by atoms with Crippen molar-refractivity contribution in [3.63, 3.8) is 0 Å². The summed E-state index contributed by atoms with van der Waals surface area (Å²) in [5, 5.41) is 10.4. The molecule has 0 unspecified atom stereocenters. The average molecular weight is 212 g/mol. The van der Waals surface area contributed by atoms with Crippen LogP contribution in [0.4, 0.5) is 0 Å². The lowest BCUT2D eigenvalue weighted by Crippen LogP contribution is -1.93. The van der Waals surface area contributed by atoms with Gasteiger partial charge in [-0.05, 0) is 25.5 Å². The fourth-order valence-corrected chi connectivity index (χ4v) is 1.53. The van der Waals surface area contributed by atoms with Crippen molar-refractivity contribution in [1.82, 2.24) is 0 Å². The van der Waals surface area contributed by atoms with Crippen LogP contribution < -0.4 is 5.73 Å². The number of nitrogens with two attached hydrogens (primary N) is 1. The number of phenols is 1. The Kier molecular flexibility index (Phi) is 3.55. The van der Waals surface area contributed by atoms with Crippen molar-refractivity contribution in [2.24, 2.45) is 5.73 Å². The number of halogens is 1. The average Bonchev–Trinajstić information content (AvgIpc) is 2.14. The molecule has 3 heteroatoms. The lowest BCUT2D eigenvalue weighted by molar-refractivity contribution is 0.469. The third-order valence-corrected chi connectivity index (χ3v) is 2.55. The Hall–Kier alpha value is -0.990. The number of aromatic hydroxyl groups is 1. The van der Waals surface area contributed by atoms with Crippen molar-refractivity contribution >= 4 is 17.7 Å². The molecule has 0 saturated heterocycles. The third kappa shape index (κ3) is 2.08. The maximum Gasteiger partial charge on any atom is 0.127 e. The maximum atomic E-state index is 9.81. The smallest absolute Gasteiger partial charge is 0.127 e. The van der Waals surface area contributed by atoms with Crippen molar-refractivity contribution in [3.8, 4) is 5.75 Å². The van der Waals surface area contributed by atoms with Gasteiger partial charge in [-0.15, -0.1) is 0 Å². The van der Waals surface area contributed by atoms with E-state index in [2.05, 4.69) is 0 Å². The fraction of sp³-hybridized carbons (Fsp3) is 0.273. The number of hydrogen-bond acceptors (Lipinski definition) is 2. The summed E-state index contributed by atoms with van der Waals surface area (Å²) in [7, 11) is 0. The van der Waals surface area contributed by atoms with E-state index in [0.717, 1.165) is 11.1 Å². The molecule has 0 atom stereocenters. The van der Waals surface area contributed by atoms with Gasteiger partial charge < -0.3 is 10.8 Å². The monoisotopic (exact) mass is 211 g/mol. The lowest BCUT2D eigenvalue weighted by atomic mass is 10.0. The first-order chi connectivity index (χ1) is 6.57. The molecule has 0 heterocycles. The predicted molar refractivity (Wildman–Crippen MR) is 60.7 cm³/mol. The van der Waals surface area contributed by atoms with Crippen LogP contribution in [-0.4, -0.2) is 11.7 Å². The maximum absolute atomic E-state index is 9.81. The Bertz CT molecular complexity index is 372. The van der Waals surface area contributed by atoms with Crippen molar-refractivity contribution in [3.05, 3.63) is 33.9 Å². The molecule has 0 bridgehead atoms. The van der Waals surface area contributed by atoms with E-state index in [-0.39, 0.29) is 5.75 Å². The number of hydrogen-bond donors (Lipinski definition) is 2. The van der Waals surface area contributed by atoms with Crippen LogP contribution in [0.25, 0.3) is 6.08 Å². The van der Waals surface area contributed by atoms with E-state index in [1.807, 2.05) is 19.1 Å². The Morgan fingerprint density at radius 2 is 2.14 bits per heavy atom. The molecule has 0 saturated carbocycles. The van der Waals surface area contributed by atoms with Crippen LogP contribution in [0.3, 0.4) is 0 Å². The quantitative estimate of drug-likeness (QED) is 0.790. The summed E-state index contributed by atoms with van der Waals surface area (Å²) in [5.74, 6) is 0.236. The molecular weight excluding hydrogens is 198 g/mol. The van der Waals surface area contributed by atoms with Crippen LogP contribution in [0.1, 0.15) is 16.7 Å². The molecule has 76 valence electrons. The lowest BCUT2D eigenvalue weighted by Gasteiger charge is -2.08. The summed E-state index contributed by atoms with van der Waals surface area (Å²) in [6, 6.07) is 1.84. The summed E-state index contributed by atoms with van der Waals surface area (Å²) in [5.41, 5.74) is 7.79. The zero-order valence-corrected chi connectivity index (χ0v) is 9.10. The fourth-order valence-electron chi connectivity index (χ4n) is 1.27. The standard InChI is InChI=1S/C11H14ClNO/c1-7-6-10(12)8(2)11(14)9(7)4-3-5-13/h3-4,6,14H,5,13H2,1-2H3/b4-3+. The molecule has 0 radical (unpaired) electrons. The van der Waals surface area contributed by atoms with E-state index in [9.17, 15) is 5.11 Å². The van der Waals surface area contributed by atoms with Gasteiger partial charge in [-0.2, -0.15) is 0 Å². The van der Waals surface area contributed by atoms with Gasteiger partial charge in [0.25, 0.3) is 0 Å². The molecule has 1 aromatic rings. The highest BCUT2D eigenvalue weighted by Gasteiger charge is 2.08. The molecule has 0 fully saturated rings. The zero-order chi connectivity index (χ0) is 10.7. The Labute approximate surface area is 89.0 Å². The molecule has 0 aromatic heterocycles. The number of rotatable bonds is 2. The molecule has 0 aliphatic rings. The van der Waals surface area contributed by atoms with Gasteiger partial charge in [-0.25, -0.2) is 0 Å². The van der Waals surface area contributed by atoms with Gasteiger partial charge in [0.2, 0.25) is 0 Å². The van der Waals surface area contributed by atoms with Crippen LogP contribution in [0.15, 0.2) is 12.1 Å². The van der Waals surface area contributed by atoms with Crippen LogP contribution in [0.5, 0.6) is 5.75 Å². The highest BCUT2D eigenvalue weighted by molar-refractivity contribution is 6.31. The molecule has 0 amide bonds. The number of benzene rings is 1. The van der Waals surface area contributed by atoms with Gasteiger partial charge in [0.1, 0.15) is 5.75 Å². The summed E-state index contributed by atoms with van der Waals surface area (Å²) >= 11 is 5.92. The van der Waals surface area contributed by atoms with E-state index in [0.29, 0.717) is 17.1 Å². The first kappa shape index (κ1) is 11.1. The molecule has 14 heavy (non-hydrogen) atoms. The molecule has 0 aliphatic carbocycles. The van der Waals surface area contributed by atoms with Crippen molar-refractivity contribution in [2.45, 2.75) is 13.8 Å². The molecule has 2 nitrogen and oxygen atoms in total. The number of aryl methyl sites for hydroxylation is 1. The topological polar surface area (TPSA) is 46.2 Å². The molecule has 3 N–H and O–H groups in total. The van der Waals surface area contributed by atoms with Gasteiger partial charge in [0.15, 0.2) is 0 Å². The van der Waals surface area contributed by atoms with Crippen molar-refractivity contribution in [1.29, 1.82) is 0 Å². The minimum Gasteiger partial charge on any atom is -0.507 e. The second-order valence-electron chi connectivity index (χ2n) is 3.20. The zero-order valence-electron chi connectivity index (χ0n) is 8.34. The summed E-state index contributed by atoms with van der Waals surface area (Å²) < 4.78 is 0. The van der Waals surface area contributed by atoms with Gasteiger partial charge in [0.05, 0.1) is 0 Å². The van der Waals surface area contributed by atoms with Crippen LogP contribution in [0, 0.1) is 13.8 Å². The summed E-state index contributed by atoms with van der Waals surface area (Å²) in [6.45, 7) is 4.15. The second kappa shape index (κ2) is 4.49. The van der Waals surface area contributed by atoms with E-state index < -0.39 is 0 Å². The molecule has 0 aliphatic heterocycles. The van der Waals surface area contributed by atoms with Crippen LogP contribution >= 0.6 is 11.6 Å². The highest BCUT2D eigenvalue weighted by atomic mass is 35.5. The van der Waals surface area contributed by atoms with Gasteiger partial charge in [-0.1, -0.05) is 23.8 Å². The Morgan fingerprint density at radius 3 is 2.71 bits per heavy atom. The second-order valence-corrected chi connectivity index (χ2v) is 3.61. The SMILES string of the molecule is Cc1cc(Cl)c(C)c(O)c1/C=C/CN. The van der Waals surface area contributed by atoms with Crippen LogP contribution in [0.2, 0.25) is 5.02 Å². The largest absolute Gasteiger partial charge is 0.507 e. The van der Waals surface area contributed by atoms with Gasteiger partial charge in [-0.3, -0.25) is 0 Å². The van der Waals surface area contributed by atoms with Crippen LogP contribution in [-0.2, 0) is 0 Å². The molecule has 0 spiro atoms. The summed E-state index contributed by atoms with van der Waals surface area (Å²) in [4.78, 5) is 0. The molecular formula is C11H14ClNO. The van der Waals surface area contributed by atoms with Gasteiger partial charge in [0, 0.05) is 22.7 Å². The van der Waals surface area contributed by atoms with E-state index >= 15 is 0 Å². The minimum absolute atomic E-state index is 0.236. The normalized spacial score (nSPS) is 11.1. The first-order valence-electron chi connectivity index (χ1n) is 4.43. The molecule has 1 rings (SSSR count). The Morgan fingerprint density at radius 1 is 1.50 bits per heavy atom. The first-order valence-corrected chi connectivity index (χ1v) is 4.81. The molecule has 1 aromatic carbocycles. The van der Waals surface area contributed by atoms with Crippen molar-refractivity contribution in [2.75, 3.05) is 6.54 Å². The van der Waals surface area contributed by atoms with Crippen molar-refractivity contribution < 1.29 is 5.11 Å². The van der Waals surface area contributed by atoms with Gasteiger partial charge >= 0.3 is 0 Å². The predicted octanol–water partition coefficient (Wildman–Crippen LogP) is 2.63. The van der Waals surface area contributed by atoms with E-state index in [1.54, 1.807) is 13.0 Å². The van der Waals surface area contributed by atoms with E-state index in [4.69, 9.17) is 17.3 Å². The summed E-state index contributed by atoms with van der Waals surface area (Å²) in [6.07, 6.45) is 3.61. The Balaban J connectivity index is 3.29. The third-order valence-electron chi connectivity index (χ3n) is 2.16. The van der Waals surface area contributed by atoms with E-state index in [1.165, 1.54) is 0 Å².